The van der Waals surface area contributed by atoms with Crippen LogP contribution >= 0.6 is 22.9 Å². The number of carbonyl (C=O) groups excluding carboxylic acids is 3. The predicted octanol–water partition coefficient (Wildman–Crippen LogP) is 11.1. The largest absolute Gasteiger partial charge is 0.445 e. The lowest BCUT2D eigenvalue weighted by atomic mass is 9.95. The number of rotatable bonds is 10. The predicted molar refractivity (Wildman–Crippen MR) is 238 cm³/mol. The fourth-order valence-electron chi connectivity index (χ4n) is 7.82. The summed E-state index contributed by atoms with van der Waals surface area (Å²) in [6, 6.07) is 42.5. The Morgan fingerprint density at radius 3 is 1.80 bits per heavy atom. The summed E-state index contributed by atoms with van der Waals surface area (Å²) in [5, 5.41) is 1.24. The van der Waals surface area contributed by atoms with Crippen molar-refractivity contribution in [2.45, 2.75) is 57.4 Å². The van der Waals surface area contributed by atoms with Crippen molar-refractivity contribution in [2.24, 2.45) is 0 Å². The molecule has 61 heavy (non-hydrogen) atoms. The molecule has 9 rings (SSSR count). The zero-order valence-electron chi connectivity index (χ0n) is 33.4. The zero-order valence-corrected chi connectivity index (χ0v) is 35.0. The summed E-state index contributed by atoms with van der Waals surface area (Å²) in [7, 11) is 0. The molecule has 3 aromatic heterocycles. The Hall–Kier alpha value is -6.43. The number of ether oxygens (including phenoxy) is 2. The molecule has 308 valence electrons. The van der Waals surface area contributed by atoms with E-state index in [9.17, 15) is 14.4 Å². The molecule has 4 aromatic carbocycles. The smallest absolute Gasteiger partial charge is 0.410 e. The minimum atomic E-state index is -0.511. The highest BCUT2D eigenvalue weighted by molar-refractivity contribution is 7.18. The third-order valence-electron chi connectivity index (χ3n) is 10.9. The van der Waals surface area contributed by atoms with Gasteiger partial charge >= 0.3 is 12.2 Å². The third-order valence-corrected chi connectivity index (χ3v) is 12.3. The first-order valence-electron chi connectivity index (χ1n) is 20.4. The van der Waals surface area contributed by atoms with Crippen molar-refractivity contribution in [1.82, 2.24) is 24.8 Å². The third kappa shape index (κ3) is 9.96. The molecular weight excluding hydrogens is 806 g/mol. The maximum Gasteiger partial charge on any atom is 0.410 e. The van der Waals surface area contributed by atoms with E-state index >= 15 is 0 Å². The molecule has 0 N–H and O–H groups in total. The molecule has 0 radical (unpaired) electrons. The second-order valence-corrected chi connectivity index (χ2v) is 16.2. The molecule has 0 aliphatic carbocycles. The van der Waals surface area contributed by atoms with Crippen LogP contribution in [0.4, 0.5) is 9.59 Å². The second kappa shape index (κ2) is 19.8. The monoisotopic (exact) mass is 849 g/mol. The van der Waals surface area contributed by atoms with Crippen molar-refractivity contribution < 1.29 is 23.9 Å². The minimum Gasteiger partial charge on any atom is -0.445 e. The fraction of sp³-hybridized carbons (Fsp3) is 0.224. The highest BCUT2D eigenvalue weighted by Gasteiger charge is 2.36. The van der Waals surface area contributed by atoms with E-state index in [4.69, 9.17) is 26.1 Å². The van der Waals surface area contributed by atoms with Crippen LogP contribution in [0.1, 0.15) is 53.4 Å². The van der Waals surface area contributed by atoms with Gasteiger partial charge in [-0.25, -0.2) is 24.5 Å². The summed E-state index contributed by atoms with van der Waals surface area (Å²) in [6.45, 7) is 1.66. The number of likely N-dealkylation sites (tertiary alicyclic amines) is 2. The van der Waals surface area contributed by atoms with Crippen LogP contribution in [-0.4, -0.2) is 61.9 Å². The summed E-state index contributed by atoms with van der Waals surface area (Å²) in [4.78, 5) is 56.5. The first kappa shape index (κ1) is 41.3. The average molecular weight is 850 g/mol. The number of thiazole rings is 1. The van der Waals surface area contributed by atoms with Crippen LogP contribution in [-0.2, 0) is 33.9 Å². The molecule has 2 aliphatic heterocycles. The van der Waals surface area contributed by atoms with E-state index in [1.165, 1.54) is 4.90 Å². The van der Waals surface area contributed by atoms with Crippen molar-refractivity contribution in [1.29, 1.82) is 0 Å². The lowest BCUT2D eigenvalue weighted by Gasteiger charge is -2.23. The van der Waals surface area contributed by atoms with Crippen LogP contribution in [0.25, 0.3) is 32.6 Å². The molecule has 2 amide bonds. The van der Waals surface area contributed by atoms with E-state index in [2.05, 4.69) is 22.1 Å². The van der Waals surface area contributed by atoms with Gasteiger partial charge in [0.2, 0.25) is 0 Å². The van der Waals surface area contributed by atoms with E-state index in [1.807, 2.05) is 132 Å². The topological polar surface area (TPSA) is 115 Å². The molecule has 0 spiro atoms. The Kier molecular flexibility index (Phi) is 13.4. The van der Waals surface area contributed by atoms with Gasteiger partial charge in [0.05, 0.1) is 12.1 Å². The Bertz CT molecular complexity index is 2580. The van der Waals surface area contributed by atoms with Gasteiger partial charge in [0.15, 0.2) is 5.78 Å². The highest BCUT2D eigenvalue weighted by atomic mass is 35.5. The Balaban J connectivity index is 0.000000168. The number of halogens is 1. The first-order chi connectivity index (χ1) is 29.9. The van der Waals surface area contributed by atoms with Crippen LogP contribution < -0.4 is 0 Å². The molecule has 0 saturated carbocycles. The van der Waals surface area contributed by atoms with Gasteiger partial charge < -0.3 is 9.47 Å². The molecule has 2 unspecified atom stereocenters. The molecule has 2 saturated heterocycles. The van der Waals surface area contributed by atoms with Crippen molar-refractivity contribution >= 4 is 51.3 Å². The van der Waals surface area contributed by atoms with Gasteiger partial charge in [-0.15, -0.1) is 0 Å². The molecule has 2 fully saturated rings. The molecular formula is C49H44ClN5O5S. The maximum atomic E-state index is 13.2. The van der Waals surface area contributed by atoms with Crippen molar-refractivity contribution in [3.8, 4) is 22.3 Å². The van der Waals surface area contributed by atoms with E-state index in [0.29, 0.717) is 30.2 Å². The van der Waals surface area contributed by atoms with Gasteiger partial charge in [0.25, 0.3) is 0 Å². The molecule has 5 heterocycles. The van der Waals surface area contributed by atoms with Crippen LogP contribution in [0.15, 0.2) is 146 Å². The molecule has 2 atom stereocenters. The number of carbonyl (C=O) groups is 3. The molecule has 12 heteroatoms. The van der Waals surface area contributed by atoms with Gasteiger partial charge in [-0.2, -0.15) is 0 Å². The normalized spacial score (nSPS) is 15.9. The number of pyridine rings is 2. The SMILES string of the molecule is O=C(Cc1c(-c2ccccc2)ccnc1Cl)C1CCCN1C(=O)OCc1ccccc1.O=C(OCc1ccccc1)N1CCCC1c1nc2c(-c3ccccc3)ccnc2s1. The Labute approximate surface area is 363 Å². The number of amides is 2. The summed E-state index contributed by atoms with van der Waals surface area (Å²) >= 11 is 7.95. The zero-order chi connectivity index (χ0) is 42.0. The van der Waals surface area contributed by atoms with E-state index in [-0.39, 0.29) is 37.6 Å². The standard InChI is InChI=1S/C25H23ClN2O3.C24H21N3O2S/c26-24-21(20(13-14-27-24)19-10-5-2-6-11-19)16-23(29)22-12-7-15-28(22)25(30)31-17-18-8-3-1-4-9-18;28-24(29-16-17-8-3-1-4-9-17)27-15-7-12-20(27)22-26-21-19(13-14-25-23(21)30-22)18-10-5-2-6-11-18/h1-6,8-11,13-14,22H,7,12,15-17H2;1-6,8-11,13-14,20H,7,12,15-16H2. The number of hydrogen-bond acceptors (Lipinski definition) is 9. The molecule has 0 bridgehead atoms. The summed E-state index contributed by atoms with van der Waals surface area (Å²) < 4.78 is 11.0. The minimum absolute atomic E-state index is 0.0544. The van der Waals surface area contributed by atoms with Gasteiger partial charge in [-0.05, 0) is 65.6 Å². The van der Waals surface area contributed by atoms with Gasteiger partial charge in [0, 0.05) is 43.0 Å². The summed E-state index contributed by atoms with van der Waals surface area (Å²) in [6.07, 6.45) is 6.07. The van der Waals surface area contributed by atoms with Crippen molar-refractivity contribution in [2.75, 3.05) is 13.1 Å². The molecule has 7 aromatic rings. The van der Waals surface area contributed by atoms with Gasteiger partial charge in [-0.3, -0.25) is 14.6 Å². The van der Waals surface area contributed by atoms with Crippen molar-refractivity contribution in [3.63, 3.8) is 0 Å². The quantitative estimate of drug-likeness (QED) is 0.125. The number of benzene rings is 4. The first-order valence-corrected chi connectivity index (χ1v) is 21.6. The number of nitrogens with zero attached hydrogens (tertiary/aromatic N) is 5. The van der Waals surface area contributed by atoms with Crippen LogP contribution in [0, 0.1) is 0 Å². The van der Waals surface area contributed by atoms with Crippen LogP contribution in [0.2, 0.25) is 5.15 Å². The lowest BCUT2D eigenvalue weighted by molar-refractivity contribution is -0.122. The van der Waals surface area contributed by atoms with E-state index in [1.54, 1.807) is 17.5 Å². The van der Waals surface area contributed by atoms with Gasteiger partial charge in [-0.1, -0.05) is 144 Å². The number of hydrogen-bond donors (Lipinski definition) is 0. The van der Waals surface area contributed by atoms with E-state index < -0.39 is 12.1 Å². The number of fused-ring (bicyclic) bond motifs is 1. The van der Waals surface area contributed by atoms with E-state index in [0.717, 1.165) is 68.0 Å². The Morgan fingerprint density at radius 1 is 0.639 bits per heavy atom. The summed E-state index contributed by atoms with van der Waals surface area (Å²) in [5.74, 6) is -0.0544. The van der Waals surface area contributed by atoms with Crippen LogP contribution in [0.5, 0.6) is 0 Å². The average Bonchev–Trinajstić information content (AvgIpc) is 4.10. The van der Waals surface area contributed by atoms with Crippen molar-refractivity contribution in [3.05, 3.63) is 173 Å². The maximum absolute atomic E-state index is 13.2. The number of aromatic nitrogens is 3. The number of ketones is 1. The lowest BCUT2D eigenvalue weighted by Crippen LogP contribution is -2.41. The second-order valence-electron chi connectivity index (χ2n) is 14.9. The molecule has 10 nitrogen and oxygen atoms in total. The van der Waals surface area contributed by atoms with Gasteiger partial charge in [0.1, 0.15) is 33.7 Å². The summed E-state index contributed by atoms with van der Waals surface area (Å²) in [5.41, 5.74) is 7.51. The number of Topliss-reactive ketones (excluding diaryl/α,β-unsaturated/α-hetero) is 1. The highest BCUT2D eigenvalue weighted by Crippen LogP contribution is 2.39. The van der Waals surface area contributed by atoms with Crippen LogP contribution in [0.3, 0.4) is 0 Å². The Morgan fingerprint density at radius 2 is 1.16 bits per heavy atom. The fourth-order valence-corrected chi connectivity index (χ4v) is 9.13. The molecule has 2 aliphatic rings.